The number of aromatic nitrogens is 3. The van der Waals surface area contributed by atoms with Crippen LogP contribution in [0.5, 0.6) is 0 Å². The second-order valence-electron chi connectivity index (χ2n) is 7.39. The molecule has 1 saturated heterocycles. The van der Waals surface area contributed by atoms with Gasteiger partial charge in [-0.2, -0.15) is 5.10 Å². The predicted octanol–water partition coefficient (Wildman–Crippen LogP) is 2.57. The number of fused-ring (bicyclic) bond motifs is 1. The molecule has 4 rings (SSSR count). The summed E-state index contributed by atoms with van der Waals surface area (Å²) in [5.41, 5.74) is 3.60. The molecule has 1 N–H and O–H groups in total. The molecule has 0 saturated carbocycles. The molecule has 6 heteroatoms. The maximum absolute atomic E-state index is 12.7. The molecule has 3 heterocycles. The van der Waals surface area contributed by atoms with Gasteiger partial charge in [-0.15, -0.1) is 0 Å². The molecule has 1 fully saturated rings. The molecular weight excluding hydrogens is 338 g/mol. The van der Waals surface area contributed by atoms with E-state index >= 15 is 0 Å². The summed E-state index contributed by atoms with van der Waals surface area (Å²) in [5.74, 6) is 0.267. The van der Waals surface area contributed by atoms with Crippen molar-refractivity contribution in [2.24, 2.45) is 7.05 Å². The average molecular weight is 365 g/mol. The van der Waals surface area contributed by atoms with Crippen LogP contribution in [0.15, 0.2) is 42.9 Å². The van der Waals surface area contributed by atoms with E-state index in [0.717, 1.165) is 51.1 Å². The number of hydrogen-bond acceptors (Lipinski definition) is 3. The number of amides is 1. The molecule has 0 aliphatic carbocycles. The second kappa shape index (κ2) is 7.96. The topological polar surface area (TPSA) is 57.2 Å². The van der Waals surface area contributed by atoms with Gasteiger partial charge in [0.25, 0.3) is 0 Å². The molecular formula is C21H27N5O. The number of nitrogens with zero attached hydrogens (tertiary/aromatic N) is 4. The zero-order valence-electron chi connectivity index (χ0n) is 15.9. The smallest absolute Gasteiger partial charge is 0.222 e. The van der Waals surface area contributed by atoms with E-state index < -0.39 is 0 Å². The fourth-order valence-corrected chi connectivity index (χ4v) is 3.93. The molecule has 0 atom stereocenters. The van der Waals surface area contributed by atoms with E-state index in [4.69, 9.17) is 0 Å². The number of hydrogen-bond donors (Lipinski definition) is 1. The Balaban J connectivity index is 1.30. The number of carbonyl (C=O) groups is 1. The van der Waals surface area contributed by atoms with Gasteiger partial charge in [0.1, 0.15) is 0 Å². The highest BCUT2D eigenvalue weighted by molar-refractivity contribution is 5.84. The van der Waals surface area contributed by atoms with Crippen LogP contribution in [-0.4, -0.2) is 56.7 Å². The van der Waals surface area contributed by atoms with Crippen LogP contribution in [-0.2, 0) is 24.8 Å². The van der Waals surface area contributed by atoms with Crippen molar-refractivity contribution in [2.45, 2.75) is 25.8 Å². The monoisotopic (exact) mass is 365 g/mol. The van der Waals surface area contributed by atoms with E-state index in [1.807, 2.05) is 41.2 Å². The van der Waals surface area contributed by atoms with E-state index in [-0.39, 0.29) is 5.91 Å². The lowest BCUT2D eigenvalue weighted by Crippen LogP contribution is -2.35. The molecule has 1 aromatic carbocycles. The zero-order chi connectivity index (χ0) is 18.6. The number of aromatic amines is 1. The number of para-hydroxylation sites is 1. The van der Waals surface area contributed by atoms with Gasteiger partial charge in [0.05, 0.1) is 6.20 Å². The lowest BCUT2D eigenvalue weighted by molar-refractivity contribution is -0.131. The maximum Gasteiger partial charge on any atom is 0.222 e. The standard InChI is InChI=1S/C21H27N5O/c1-24-15-17(13-23-24)16-25-9-4-10-26(12-11-25)21(27)8-7-18-14-22-20-6-3-2-5-19(18)20/h2-3,5-6,13-15,22H,4,7-12,16H2,1H3. The van der Waals surface area contributed by atoms with Crippen molar-refractivity contribution in [3.8, 4) is 0 Å². The molecule has 0 bridgehead atoms. The van der Waals surface area contributed by atoms with Gasteiger partial charge >= 0.3 is 0 Å². The highest BCUT2D eigenvalue weighted by Crippen LogP contribution is 2.19. The third kappa shape index (κ3) is 4.22. The summed E-state index contributed by atoms with van der Waals surface area (Å²) in [5, 5.41) is 5.47. The lowest BCUT2D eigenvalue weighted by atomic mass is 10.1. The van der Waals surface area contributed by atoms with Gasteiger partial charge in [-0.25, -0.2) is 0 Å². The third-order valence-corrected chi connectivity index (χ3v) is 5.39. The largest absolute Gasteiger partial charge is 0.361 e. The van der Waals surface area contributed by atoms with Crippen LogP contribution in [0.4, 0.5) is 0 Å². The highest BCUT2D eigenvalue weighted by atomic mass is 16.2. The molecule has 0 radical (unpaired) electrons. The van der Waals surface area contributed by atoms with Gasteiger partial charge < -0.3 is 9.88 Å². The average Bonchev–Trinajstić information content (AvgIpc) is 3.19. The minimum absolute atomic E-state index is 0.267. The van der Waals surface area contributed by atoms with E-state index in [1.54, 1.807) is 0 Å². The van der Waals surface area contributed by atoms with Crippen molar-refractivity contribution in [3.63, 3.8) is 0 Å². The molecule has 3 aromatic rings. The first-order chi connectivity index (χ1) is 13.2. The summed E-state index contributed by atoms with van der Waals surface area (Å²) in [6.07, 6.45) is 8.42. The number of rotatable bonds is 5. The van der Waals surface area contributed by atoms with E-state index in [9.17, 15) is 4.79 Å². The number of H-pyrrole nitrogens is 1. The Bertz CT molecular complexity index is 912. The zero-order valence-corrected chi connectivity index (χ0v) is 15.9. The predicted molar refractivity (Wildman–Crippen MR) is 106 cm³/mol. The first kappa shape index (κ1) is 17.8. The van der Waals surface area contributed by atoms with Crippen molar-refractivity contribution in [1.82, 2.24) is 24.6 Å². The highest BCUT2D eigenvalue weighted by Gasteiger charge is 2.19. The van der Waals surface area contributed by atoms with Crippen molar-refractivity contribution < 1.29 is 4.79 Å². The summed E-state index contributed by atoms with van der Waals surface area (Å²) >= 11 is 0. The Labute approximate surface area is 159 Å². The molecule has 27 heavy (non-hydrogen) atoms. The number of aryl methyl sites for hydroxylation is 2. The van der Waals surface area contributed by atoms with E-state index in [1.165, 1.54) is 16.5 Å². The van der Waals surface area contributed by atoms with Crippen LogP contribution in [0.25, 0.3) is 10.9 Å². The molecule has 2 aromatic heterocycles. The van der Waals surface area contributed by atoms with Crippen LogP contribution in [0.1, 0.15) is 24.0 Å². The summed E-state index contributed by atoms with van der Waals surface area (Å²) in [6.45, 7) is 4.53. The van der Waals surface area contributed by atoms with Gasteiger partial charge in [0.15, 0.2) is 0 Å². The van der Waals surface area contributed by atoms with Gasteiger partial charge in [0, 0.05) is 75.1 Å². The maximum atomic E-state index is 12.7. The Hall–Kier alpha value is -2.60. The second-order valence-corrected chi connectivity index (χ2v) is 7.39. The normalized spacial score (nSPS) is 16.0. The fourth-order valence-electron chi connectivity index (χ4n) is 3.93. The van der Waals surface area contributed by atoms with Crippen LogP contribution < -0.4 is 0 Å². The fraction of sp³-hybridized carbons (Fsp3) is 0.429. The first-order valence-corrected chi connectivity index (χ1v) is 9.72. The van der Waals surface area contributed by atoms with Crippen molar-refractivity contribution in [1.29, 1.82) is 0 Å². The van der Waals surface area contributed by atoms with Crippen LogP contribution in [0, 0.1) is 0 Å². The lowest BCUT2D eigenvalue weighted by Gasteiger charge is -2.21. The van der Waals surface area contributed by atoms with Gasteiger partial charge in [-0.3, -0.25) is 14.4 Å². The van der Waals surface area contributed by atoms with Crippen molar-refractivity contribution >= 4 is 16.8 Å². The molecule has 0 spiro atoms. The Kier molecular flexibility index (Phi) is 5.25. The quantitative estimate of drug-likeness (QED) is 0.756. The van der Waals surface area contributed by atoms with Gasteiger partial charge in [-0.1, -0.05) is 18.2 Å². The summed E-state index contributed by atoms with van der Waals surface area (Å²) in [4.78, 5) is 20.5. The molecule has 1 amide bonds. The molecule has 1 aliphatic heterocycles. The molecule has 1 aliphatic rings. The van der Waals surface area contributed by atoms with Crippen LogP contribution in [0.2, 0.25) is 0 Å². The van der Waals surface area contributed by atoms with E-state index in [2.05, 4.69) is 33.3 Å². The van der Waals surface area contributed by atoms with Crippen LogP contribution >= 0.6 is 0 Å². The van der Waals surface area contributed by atoms with Crippen LogP contribution in [0.3, 0.4) is 0 Å². The SMILES string of the molecule is Cn1cc(CN2CCCN(C(=O)CCc3c[nH]c4ccccc34)CC2)cn1. The number of nitrogens with one attached hydrogen (secondary N) is 1. The summed E-state index contributed by atoms with van der Waals surface area (Å²) < 4.78 is 1.84. The first-order valence-electron chi connectivity index (χ1n) is 9.72. The minimum Gasteiger partial charge on any atom is -0.361 e. The van der Waals surface area contributed by atoms with Crippen molar-refractivity contribution in [2.75, 3.05) is 26.2 Å². The Morgan fingerprint density at radius 2 is 2.07 bits per heavy atom. The number of carbonyl (C=O) groups excluding carboxylic acids is 1. The molecule has 142 valence electrons. The number of benzene rings is 1. The Morgan fingerprint density at radius 3 is 2.93 bits per heavy atom. The third-order valence-electron chi connectivity index (χ3n) is 5.39. The molecule has 0 unspecified atom stereocenters. The summed E-state index contributed by atoms with van der Waals surface area (Å²) in [7, 11) is 1.94. The molecule has 6 nitrogen and oxygen atoms in total. The minimum atomic E-state index is 0.267. The van der Waals surface area contributed by atoms with E-state index in [0.29, 0.717) is 6.42 Å². The Morgan fingerprint density at radius 1 is 1.19 bits per heavy atom. The van der Waals surface area contributed by atoms with Gasteiger partial charge in [-0.05, 0) is 24.5 Å². The summed E-state index contributed by atoms with van der Waals surface area (Å²) in [6, 6.07) is 8.27. The van der Waals surface area contributed by atoms with Crippen molar-refractivity contribution in [3.05, 3.63) is 54.0 Å². The van der Waals surface area contributed by atoms with Gasteiger partial charge in [0.2, 0.25) is 5.91 Å².